The molecule has 3 rings (SSSR count). The lowest BCUT2D eigenvalue weighted by molar-refractivity contribution is -0.123. The number of aromatic nitrogens is 1. The second kappa shape index (κ2) is 8.33. The number of nitrogens with zero attached hydrogens (tertiary/aromatic N) is 2. The summed E-state index contributed by atoms with van der Waals surface area (Å²) >= 11 is 7.90. The summed E-state index contributed by atoms with van der Waals surface area (Å²) < 4.78 is 6.12. The molecule has 132 valence electrons. The summed E-state index contributed by atoms with van der Waals surface area (Å²) in [6, 6.07) is 12.4. The summed E-state index contributed by atoms with van der Waals surface area (Å²) in [4.78, 5) is 16.2. The topological polar surface area (TPSA) is 83.8 Å². The second-order valence-corrected chi connectivity index (χ2v) is 6.84. The molecular formula is C18H13ClIN3O3. The highest BCUT2D eigenvalue weighted by molar-refractivity contribution is 14.1. The van der Waals surface area contributed by atoms with Crippen molar-refractivity contribution in [2.75, 3.05) is 6.61 Å². The maximum Gasteiger partial charge on any atom is 0.277 e. The Balaban J connectivity index is 1.61. The predicted molar refractivity (Wildman–Crippen MR) is 109 cm³/mol. The van der Waals surface area contributed by atoms with Crippen molar-refractivity contribution in [3.05, 3.63) is 62.8 Å². The van der Waals surface area contributed by atoms with E-state index < -0.39 is 5.91 Å². The summed E-state index contributed by atoms with van der Waals surface area (Å²) in [7, 11) is 0. The number of halogens is 2. The molecule has 6 nitrogen and oxygen atoms in total. The van der Waals surface area contributed by atoms with Crippen molar-refractivity contribution in [1.82, 2.24) is 10.4 Å². The van der Waals surface area contributed by atoms with Crippen LogP contribution in [0, 0.1) is 3.57 Å². The van der Waals surface area contributed by atoms with Gasteiger partial charge in [-0.05, 0) is 46.9 Å². The number of carbonyl (C=O) groups is 1. The molecule has 2 N–H and O–H groups in total. The molecule has 0 aliphatic rings. The van der Waals surface area contributed by atoms with Gasteiger partial charge in [-0.15, -0.1) is 0 Å². The molecule has 0 spiro atoms. The number of ether oxygens (including phenoxy) is 1. The van der Waals surface area contributed by atoms with E-state index in [1.807, 2.05) is 46.9 Å². The van der Waals surface area contributed by atoms with Gasteiger partial charge < -0.3 is 9.84 Å². The van der Waals surface area contributed by atoms with Gasteiger partial charge in [0.2, 0.25) is 0 Å². The van der Waals surface area contributed by atoms with E-state index in [1.54, 1.807) is 24.4 Å². The first-order chi connectivity index (χ1) is 12.5. The van der Waals surface area contributed by atoms with Crippen molar-refractivity contribution in [3.63, 3.8) is 0 Å². The Morgan fingerprint density at radius 1 is 1.35 bits per heavy atom. The highest BCUT2D eigenvalue weighted by Crippen LogP contribution is 2.27. The maximum absolute atomic E-state index is 11.9. The Kier molecular flexibility index (Phi) is 5.89. The van der Waals surface area contributed by atoms with Crippen LogP contribution in [0.1, 0.15) is 5.56 Å². The third-order valence-electron chi connectivity index (χ3n) is 3.41. The van der Waals surface area contributed by atoms with Crippen molar-refractivity contribution >= 4 is 57.2 Å². The first-order valence-corrected chi connectivity index (χ1v) is 8.97. The van der Waals surface area contributed by atoms with Gasteiger partial charge in [-0.2, -0.15) is 5.10 Å². The molecule has 1 aromatic heterocycles. The van der Waals surface area contributed by atoms with Gasteiger partial charge >= 0.3 is 0 Å². The first-order valence-electron chi connectivity index (χ1n) is 7.51. The lowest BCUT2D eigenvalue weighted by Crippen LogP contribution is -2.24. The number of phenols is 1. The lowest BCUT2D eigenvalue weighted by Gasteiger charge is -2.07. The number of nitrogens with one attached hydrogen (secondary N) is 1. The van der Waals surface area contributed by atoms with Gasteiger partial charge in [0, 0.05) is 22.2 Å². The number of pyridine rings is 1. The van der Waals surface area contributed by atoms with Crippen LogP contribution < -0.4 is 10.2 Å². The number of fused-ring (bicyclic) bond motifs is 1. The molecule has 0 fully saturated rings. The van der Waals surface area contributed by atoms with Crippen LogP contribution in [0.3, 0.4) is 0 Å². The minimum Gasteiger partial charge on any atom is -0.506 e. The fourth-order valence-corrected chi connectivity index (χ4v) is 3.28. The van der Waals surface area contributed by atoms with E-state index in [2.05, 4.69) is 15.5 Å². The van der Waals surface area contributed by atoms with Crippen LogP contribution in [0.15, 0.2) is 53.8 Å². The number of rotatable bonds is 5. The molecule has 0 aliphatic heterocycles. The number of hydrogen-bond acceptors (Lipinski definition) is 5. The van der Waals surface area contributed by atoms with Crippen molar-refractivity contribution in [3.8, 4) is 11.5 Å². The van der Waals surface area contributed by atoms with Gasteiger partial charge in [-0.25, -0.2) is 5.43 Å². The molecule has 0 atom stereocenters. The number of hydrogen-bond donors (Lipinski definition) is 2. The molecule has 26 heavy (non-hydrogen) atoms. The summed E-state index contributed by atoms with van der Waals surface area (Å²) in [5, 5.41) is 15.1. The fraction of sp³-hybridized carbons (Fsp3) is 0.0556. The van der Waals surface area contributed by atoms with E-state index in [1.165, 1.54) is 6.21 Å². The van der Waals surface area contributed by atoms with Crippen LogP contribution in [0.5, 0.6) is 11.5 Å². The largest absolute Gasteiger partial charge is 0.506 e. The van der Waals surface area contributed by atoms with E-state index >= 15 is 0 Å². The molecule has 3 aromatic rings. The number of aromatic hydroxyl groups is 1. The molecule has 1 heterocycles. The van der Waals surface area contributed by atoms with Crippen molar-refractivity contribution < 1.29 is 14.6 Å². The van der Waals surface area contributed by atoms with Gasteiger partial charge in [0.1, 0.15) is 17.0 Å². The molecule has 1 amide bonds. The summed E-state index contributed by atoms with van der Waals surface area (Å²) in [5.74, 6) is 0.126. The van der Waals surface area contributed by atoms with E-state index in [-0.39, 0.29) is 12.4 Å². The Morgan fingerprint density at radius 2 is 2.15 bits per heavy atom. The standard InChI is InChI=1S/C18H13ClIN3O3/c19-13-7-12(18(25)14(20)8-13)9-22-23-16(24)10-26-15-5-1-3-11-4-2-6-21-17(11)15/h1-9,25H,10H2,(H,23,24)/b22-9+. The Labute approximate surface area is 168 Å². The van der Waals surface area contributed by atoms with Crippen molar-refractivity contribution in [2.24, 2.45) is 5.10 Å². The first kappa shape index (κ1) is 18.4. The molecule has 8 heteroatoms. The zero-order chi connectivity index (χ0) is 18.5. The van der Waals surface area contributed by atoms with Crippen LogP contribution in [0.4, 0.5) is 0 Å². The third-order valence-corrected chi connectivity index (χ3v) is 4.45. The minimum atomic E-state index is -0.439. The average Bonchev–Trinajstić information content (AvgIpc) is 2.63. The zero-order valence-electron chi connectivity index (χ0n) is 13.3. The molecule has 2 aromatic carbocycles. The predicted octanol–water partition coefficient (Wildman–Crippen LogP) is 3.73. The van der Waals surface area contributed by atoms with Crippen LogP contribution in [0.25, 0.3) is 10.9 Å². The highest BCUT2D eigenvalue weighted by atomic mass is 127. The minimum absolute atomic E-state index is 0.0473. The highest BCUT2D eigenvalue weighted by Gasteiger charge is 2.07. The van der Waals surface area contributed by atoms with E-state index in [0.29, 0.717) is 25.4 Å². The number of carbonyl (C=O) groups excluding carboxylic acids is 1. The molecule has 0 bridgehead atoms. The van der Waals surface area contributed by atoms with Gasteiger partial charge in [0.25, 0.3) is 5.91 Å². The van der Waals surface area contributed by atoms with Crippen LogP contribution in [-0.2, 0) is 4.79 Å². The summed E-state index contributed by atoms with van der Waals surface area (Å²) in [6.07, 6.45) is 2.99. The number of amides is 1. The molecular weight excluding hydrogens is 469 g/mol. The van der Waals surface area contributed by atoms with Crippen LogP contribution >= 0.6 is 34.2 Å². The summed E-state index contributed by atoms with van der Waals surface area (Å²) in [5.41, 5.74) is 3.43. The molecule has 0 saturated carbocycles. The number of phenolic OH excluding ortho intramolecular Hbond substituents is 1. The van der Waals surface area contributed by atoms with Crippen LogP contribution in [-0.4, -0.2) is 28.8 Å². The monoisotopic (exact) mass is 481 g/mol. The van der Waals surface area contributed by atoms with Gasteiger partial charge in [0.05, 0.1) is 9.78 Å². The second-order valence-electron chi connectivity index (χ2n) is 5.24. The zero-order valence-corrected chi connectivity index (χ0v) is 16.2. The number of hydrazone groups is 1. The Hall–Kier alpha value is -2.39. The van der Waals surface area contributed by atoms with E-state index in [9.17, 15) is 9.90 Å². The van der Waals surface area contributed by atoms with Crippen molar-refractivity contribution in [2.45, 2.75) is 0 Å². The van der Waals surface area contributed by atoms with Crippen molar-refractivity contribution in [1.29, 1.82) is 0 Å². The van der Waals surface area contributed by atoms with Gasteiger partial charge in [0.15, 0.2) is 6.61 Å². The van der Waals surface area contributed by atoms with E-state index in [4.69, 9.17) is 16.3 Å². The molecule has 0 aliphatic carbocycles. The molecule has 0 radical (unpaired) electrons. The maximum atomic E-state index is 11.9. The number of para-hydroxylation sites is 1. The number of benzene rings is 2. The quantitative estimate of drug-likeness (QED) is 0.330. The fourth-order valence-electron chi connectivity index (χ4n) is 2.23. The molecule has 0 unspecified atom stereocenters. The molecule has 0 saturated heterocycles. The SMILES string of the molecule is O=C(COc1cccc2cccnc12)N/N=C/c1cc(Cl)cc(I)c1O. The normalized spacial score (nSPS) is 11.0. The third kappa shape index (κ3) is 4.41. The smallest absolute Gasteiger partial charge is 0.277 e. The Bertz CT molecular complexity index is 989. The van der Waals surface area contributed by atoms with Crippen LogP contribution in [0.2, 0.25) is 5.02 Å². The average molecular weight is 482 g/mol. The van der Waals surface area contributed by atoms with Gasteiger partial charge in [-0.3, -0.25) is 9.78 Å². The lowest BCUT2D eigenvalue weighted by atomic mass is 10.2. The van der Waals surface area contributed by atoms with E-state index in [0.717, 1.165) is 5.39 Å². The van der Waals surface area contributed by atoms with Gasteiger partial charge in [-0.1, -0.05) is 29.8 Å². The Morgan fingerprint density at radius 3 is 3.00 bits per heavy atom. The summed E-state index contributed by atoms with van der Waals surface area (Å²) in [6.45, 7) is -0.216.